The highest BCUT2D eigenvalue weighted by molar-refractivity contribution is 6.16. The van der Waals surface area contributed by atoms with Crippen LogP contribution in [0.3, 0.4) is 0 Å². The van der Waals surface area contributed by atoms with E-state index in [9.17, 15) is 19.5 Å². The minimum atomic E-state index is -1.04. The zero-order valence-electron chi connectivity index (χ0n) is 11.7. The molecule has 0 aromatic heterocycles. The second kappa shape index (κ2) is 4.14. The zero-order chi connectivity index (χ0) is 14.7. The summed E-state index contributed by atoms with van der Waals surface area (Å²) < 4.78 is 0. The number of carbonyl (C=O) groups is 3. The highest BCUT2D eigenvalue weighted by atomic mass is 16.3. The lowest BCUT2D eigenvalue weighted by molar-refractivity contribution is -0.152. The van der Waals surface area contributed by atoms with E-state index in [0.29, 0.717) is 12.8 Å². The molecule has 20 heavy (non-hydrogen) atoms. The summed E-state index contributed by atoms with van der Waals surface area (Å²) in [6.45, 7) is 3.40. The Kier molecular flexibility index (Phi) is 2.75. The lowest BCUT2D eigenvalue weighted by Crippen LogP contribution is -2.57. The molecule has 3 aliphatic carbocycles. The summed E-state index contributed by atoms with van der Waals surface area (Å²) >= 11 is 0. The highest BCUT2D eigenvalue weighted by Crippen LogP contribution is 2.56. The fraction of sp³-hybridized carbons (Fsp3) is 0.562. The smallest absolute Gasteiger partial charge is 0.205 e. The van der Waals surface area contributed by atoms with E-state index >= 15 is 0 Å². The Hall–Kier alpha value is -1.71. The van der Waals surface area contributed by atoms with Crippen LogP contribution >= 0.6 is 0 Å². The SMILES string of the molecule is CC1=C(O)C(=O)[C@]23CC(=O)CC[C@@H]2C=C[C@@H](C)[C@@H]3C1=O. The number of aliphatic hydroxyl groups is 1. The van der Waals surface area contributed by atoms with Crippen molar-refractivity contribution in [3.05, 3.63) is 23.5 Å². The fourth-order valence-corrected chi connectivity index (χ4v) is 4.22. The molecular formula is C16H18O4. The van der Waals surface area contributed by atoms with Gasteiger partial charge in [0.2, 0.25) is 5.78 Å². The third-order valence-corrected chi connectivity index (χ3v) is 5.26. The van der Waals surface area contributed by atoms with Crippen LogP contribution in [-0.2, 0) is 14.4 Å². The van der Waals surface area contributed by atoms with Crippen molar-refractivity contribution in [2.75, 3.05) is 0 Å². The molecule has 0 aromatic rings. The van der Waals surface area contributed by atoms with Crippen molar-refractivity contribution >= 4 is 17.3 Å². The van der Waals surface area contributed by atoms with E-state index < -0.39 is 22.9 Å². The molecular weight excluding hydrogens is 256 g/mol. The number of Topliss-reactive ketones (excluding diaryl/α,β-unsaturated/α-hetero) is 3. The predicted octanol–water partition coefficient (Wildman–Crippen LogP) is 2.15. The van der Waals surface area contributed by atoms with Crippen molar-refractivity contribution in [3.8, 4) is 0 Å². The van der Waals surface area contributed by atoms with Gasteiger partial charge in [0.25, 0.3) is 0 Å². The fourth-order valence-electron chi connectivity index (χ4n) is 4.22. The van der Waals surface area contributed by atoms with Crippen LogP contribution in [0.25, 0.3) is 0 Å². The number of ketones is 3. The van der Waals surface area contributed by atoms with E-state index in [0.717, 1.165) is 0 Å². The van der Waals surface area contributed by atoms with Gasteiger partial charge in [0.15, 0.2) is 11.5 Å². The lowest BCUT2D eigenvalue weighted by atomic mass is 9.49. The number of hydrogen-bond donors (Lipinski definition) is 1. The van der Waals surface area contributed by atoms with Gasteiger partial charge in [-0.25, -0.2) is 0 Å². The van der Waals surface area contributed by atoms with Gasteiger partial charge in [0.05, 0.1) is 5.41 Å². The maximum atomic E-state index is 12.7. The molecule has 0 saturated heterocycles. The monoisotopic (exact) mass is 274 g/mol. The molecule has 4 heteroatoms. The Morgan fingerprint density at radius 2 is 1.95 bits per heavy atom. The minimum Gasteiger partial charge on any atom is -0.504 e. The normalized spacial score (nSPS) is 40.7. The molecule has 0 aliphatic heterocycles. The molecule has 106 valence electrons. The maximum Gasteiger partial charge on any atom is 0.205 e. The first-order valence-corrected chi connectivity index (χ1v) is 7.08. The molecule has 1 spiro atoms. The number of hydrogen-bond acceptors (Lipinski definition) is 4. The summed E-state index contributed by atoms with van der Waals surface area (Å²) in [5.74, 6) is -1.72. The van der Waals surface area contributed by atoms with Crippen LogP contribution in [0, 0.1) is 23.2 Å². The molecule has 4 atom stereocenters. The van der Waals surface area contributed by atoms with Gasteiger partial charge >= 0.3 is 0 Å². The Morgan fingerprint density at radius 1 is 1.25 bits per heavy atom. The average molecular weight is 274 g/mol. The first-order chi connectivity index (χ1) is 9.39. The van der Waals surface area contributed by atoms with Crippen LogP contribution in [0.1, 0.15) is 33.1 Å². The molecule has 0 bridgehead atoms. The van der Waals surface area contributed by atoms with Crippen molar-refractivity contribution in [2.24, 2.45) is 23.2 Å². The number of rotatable bonds is 0. The summed E-state index contributed by atoms with van der Waals surface area (Å²) in [4.78, 5) is 37.2. The third kappa shape index (κ3) is 1.45. The van der Waals surface area contributed by atoms with Gasteiger partial charge in [-0.1, -0.05) is 19.1 Å². The molecule has 0 amide bonds. The van der Waals surface area contributed by atoms with E-state index in [1.54, 1.807) is 0 Å². The third-order valence-electron chi connectivity index (χ3n) is 5.26. The molecule has 0 aromatic carbocycles. The van der Waals surface area contributed by atoms with Gasteiger partial charge in [-0.05, 0) is 25.2 Å². The van der Waals surface area contributed by atoms with E-state index in [2.05, 4.69) is 0 Å². The van der Waals surface area contributed by atoms with Crippen molar-refractivity contribution in [3.63, 3.8) is 0 Å². The van der Waals surface area contributed by atoms with Crippen molar-refractivity contribution in [1.82, 2.24) is 0 Å². The van der Waals surface area contributed by atoms with E-state index in [-0.39, 0.29) is 35.4 Å². The molecule has 3 aliphatic rings. The second-order valence-electron chi connectivity index (χ2n) is 6.29. The number of aliphatic hydroxyl groups excluding tert-OH is 1. The van der Waals surface area contributed by atoms with E-state index in [1.807, 2.05) is 19.1 Å². The molecule has 1 fully saturated rings. The van der Waals surface area contributed by atoms with E-state index in [1.165, 1.54) is 6.92 Å². The largest absolute Gasteiger partial charge is 0.504 e. The molecule has 4 nitrogen and oxygen atoms in total. The average Bonchev–Trinajstić information content (AvgIpc) is 2.42. The summed E-state index contributed by atoms with van der Waals surface area (Å²) in [7, 11) is 0. The Labute approximate surface area is 117 Å². The summed E-state index contributed by atoms with van der Waals surface area (Å²) in [5.41, 5.74) is -0.894. The van der Waals surface area contributed by atoms with Crippen LogP contribution in [0.15, 0.2) is 23.5 Å². The van der Waals surface area contributed by atoms with Crippen molar-refractivity contribution < 1.29 is 19.5 Å². The molecule has 1 saturated carbocycles. The number of carbonyl (C=O) groups excluding carboxylic acids is 3. The van der Waals surface area contributed by atoms with Crippen LogP contribution in [0.2, 0.25) is 0 Å². The van der Waals surface area contributed by atoms with Gasteiger partial charge in [-0.2, -0.15) is 0 Å². The Bertz CT molecular complexity index is 583. The van der Waals surface area contributed by atoms with Gasteiger partial charge in [0.1, 0.15) is 5.78 Å². The van der Waals surface area contributed by atoms with Crippen LogP contribution in [-0.4, -0.2) is 22.5 Å². The van der Waals surface area contributed by atoms with Crippen molar-refractivity contribution in [1.29, 1.82) is 0 Å². The number of allylic oxidation sites excluding steroid dienone is 4. The summed E-state index contributed by atoms with van der Waals surface area (Å²) in [5, 5.41) is 10.0. The summed E-state index contributed by atoms with van der Waals surface area (Å²) in [6, 6.07) is 0. The quantitative estimate of drug-likeness (QED) is 0.687. The lowest BCUT2D eigenvalue weighted by Gasteiger charge is -2.51. The first-order valence-electron chi connectivity index (χ1n) is 7.08. The zero-order valence-corrected chi connectivity index (χ0v) is 11.7. The van der Waals surface area contributed by atoms with Gasteiger partial charge < -0.3 is 5.11 Å². The minimum absolute atomic E-state index is 0.0160. The predicted molar refractivity (Wildman–Crippen MR) is 71.9 cm³/mol. The van der Waals surface area contributed by atoms with Gasteiger partial charge in [0, 0.05) is 24.3 Å². The van der Waals surface area contributed by atoms with E-state index in [4.69, 9.17) is 0 Å². The Balaban J connectivity index is 2.24. The molecule has 3 rings (SSSR count). The maximum absolute atomic E-state index is 12.7. The highest BCUT2D eigenvalue weighted by Gasteiger charge is 2.61. The molecule has 0 heterocycles. The second-order valence-corrected chi connectivity index (χ2v) is 6.29. The first kappa shape index (κ1) is 13.3. The molecule has 0 radical (unpaired) electrons. The standard InChI is InChI=1S/C16H18O4/c1-8-3-4-10-5-6-11(17)7-16(10)12(8)13(18)9(2)14(19)15(16)20/h3-4,8,10,12,19H,5-7H2,1-2H3/t8-,10+,12-,16-/m1/s1. The molecule has 0 unspecified atom stereocenters. The van der Waals surface area contributed by atoms with Crippen molar-refractivity contribution in [2.45, 2.75) is 33.1 Å². The van der Waals surface area contributed by atoms with Crippen LogP contribution in [0.5, 0.6) is 0 Å². The van der Waals surface area contributed by atoms with Crippen LogP contribution in [0.4, 0.5) is 0 Å². The summed E-state index contributed by atoms with van der Waals surface area (Å²) in [6.07, 6.45) is 5.06. The van der Waals surface area contributed by atoms with Crippen LogP contribution < -0.4 is 0 Å². The topological polar surface area (TPSA) is 71.4 Å². The van der Waals surface area contributed by atoms with Gasteiger partial charge in [-0.15, -0.1) is 0 Å². The molecule has 1 N–H and O–H groups in total. The van der Waals surface area contributed by atoms with Gasteiger partial charge in [-0.3, -0.25) is 14.4 Å². The Morgan fingerprint density at radius 3 is 2.65 bits per heavy atom.